The predicted octanol–water partition coefficient (Wildman–Crippen LogP) is 1.17. The van der Waals surface area contributed by atoms with Crippen molar-refractivity contribution in [1.82, 2.24) is 0 Å². The van der Waals surface area contributed by atoms with Gasteiger partial charge < -0.3 is 15.6 Å². The van der Waals surface area contributed by atoms with Gasteiger partial charge in [-0.1, -0.05) is 36.4 Å². The third-order valence-electron chi connectivity index (χ3n) is 2.21. The number of ether oxygens (including phenoxy) is 1. The quantitative estimate of drug-likeness (QED) is 0.707. The molecule has 1 aromatic rings. The van der Waals surface area contributed by atoms with Gasteiger partial charge in [-0.05, 0) is 5.56 Å². The molecular formula is C12H15NO3. The van der Waals surface area contributed by atoms with Crippen LogP contribution in [0.25, 0.3) is 0 Å². The van der Waals surface area contributed by atoms with Crippen molar-refractivity contribution in [2.24, 2.45) is 5.73 Å². The Morgan fingerprint density at radius 1 is 1.50 bits per heavy atom. The van der Waals surface area contributed by atoms with Gasteiger partial charge in [0, 0.05) is 0 Å². The Morgan fingerprint density at radius 3 is 2.62 bits per heavy atom. The van der Waals surface area contributed by atoms with Crippen molar-refractivity contribution in [2.45, 2.75) is 12.1 Å². The minimum atomic E-state index is -1.52. The molecule has 0 amide bonds. The van der Waals surface area contributed by atoms with Crippen LogP contribution >= 0.6 is 0 Å². The third-order valence-corrected chi connectivity index (χ3v) is 2.21. The number of carbonyl (C=O) groups is 1. The van der Waals surface area contributed by atoms with Crippen molar-refractivity contribution in [2.75, 3.05) is 6.61 Å². The molecule has 0 aliphatic rings. The average molecular weight is 221 g/mol. The first-order chi connectivity index (χ1) is 7.58. The number of aliphatic carboxylic acids is 1. The van der Waals surface area contributed by atoms with Gasteiger partial charge in [-0.25, -0.2) is 4.79 Å². The first kappa shape index (κ1) is 12.4. The molecule has 0 saturated carbocycles. The second kappa shape index (κ2) is 5.44. The van der Waals surface area contributed by atoms with Crippen molar-refractivity contribution in [3.05, 3.63) is 48.6 Å². The number of carboxylic acids is 1. The SMILES string of the molecule is C=C[C@](N)(COCc1ccccc1)C(=O)O. The van der Waals surface area contributed by atoms with E-state index in [1.165, 1.54) is 6.08 Å². The normalized spacial score (nSPS) is 14.1. The molecule has 0 unspecified atom stereocenters. The lowest BCUT2D eigenvalue weighted by Crippen LogP contribution is -2.50. The van der Waals surface area contributed by atoms with Gasteiger partial charge >= 0.3 is 5.97 Å². The second-order valence-corrected chi connectivity index (χ2v) is 3.53. The molecule has 3 N–H and O–H groups in total. The summed E-state index contributed by atoms with van der Waals surface area (Å²) >= 11 is 0. The molecule has 0 saturated heterocycles. The summed E-state index contributed by atoms with van der Waals surface area (Å²) in [5.41, 5.74) is 5.01. The highest BCUT2D eigenvalue weighted by Gasteiger charge is 2.30. The summed E-state index contributed by atoms with van der Waals surface area (Å²) in [6.07, 6.45) is 1.18. The van der Waals surface area contributed by atoms with E-state index in [0.717, 1.165) is 5.56 Å². The minimum absolute atomic E-state index is 0.0965. The fourth-order valence-electron chi connectivity index (χ4n) is 1.12. The monoisotopic (exact) mass is 221 g/mol. The summed E-state index contributed by atoms with van der Waals surface area (Å²) in [6, 6.07) is 9.47. The molecule has 0 bridgehead atoms. The van der Waals surface area contributed by atoms with Crippen molar-refractivity contribution >= 4 is 5.97 Å². The second-order valence-electron chi connectivity index (χ2n) is 3.53. The number of rotatable bonds is 6. The molecule has 0 heterocycles. The van der Waals surface area contributed by atoms with Gasteiger partial charge in [0.15, 0.2) is 5.54 Å². The largest absolute Gasteiger partial charge is 0.480 e. The number of carboxylic acid groups (broad SMARTS) is 1. The van der Waals surface area contributed by atoms with Gasteiger partial charge in [0.25, 0.3) is 0 Å². The fourth-order valence-corrected chi connectivity index (χ4v) is 1.12. The molecule has 0 spiro atoms. The number of benzene rings is 1. The van der Waals surface area contributed by atoms with E-state index in [0.29, 0.717) is 6.61 Å². The lowest BCUT2D eigenvalue weighted by Gasteiger charge is -2.19. The van der Waals surface area contributed by atoms with E-state index in [2.05, 4.69) is 6.58 Å². The molecule has 1 aromatic carbocycles. The summed E-state index contributed by atoms with van der Waals surface area (Å²) < 4.78 is 5.26. The van der Waals surface area contributed by atoms with Crippen molar-refractivity contribution in [1.29, 1.82) is 0 Å². The van der Waals surface area contributed by atoms with Crippen LogP contribution in [0.4, 0.5) is 0 Å². The summed E-state index contributed by atoms with van der Waals surface area (Å²) in [7, 11) is 0. The number of hydrogen-bond donors (Lipinski definition) is 2. The van der Waals surface area contributed by atoms with E-state index in [1.54, 1.807) is 0 Å². The highest BCUT2D eigenvalue weighted by Crippen LogP contribution is 2.06. The van der Waals surface area contributed by atoms with E-state index >= 15 is 0 Å². The zero-order valence-electron chi connectivity index (χ0n) is 8.93. The van der Waals surface area contributed by atoms with Gasteiger partial charge in [0.05, 0.1) is 13.2 Å². The van der Waals surface area contributed by atoms with E-state index in [1.807, 2.05) is 30.3 Å². The van der Waals surface area contributed by atoms with Crippen LogP contribution < -0.4 is 5.73 Å². The topological polar surface area (TPSA) is 72.5 Å². The molecule has 16 heavy (non-hydrogen) atoms. The highest BCUT2D eigenvalue weighted by molar-refractivity contribution is 5.81. The van der Waals surface area contributed by atoms with Crippen LogP contribution in [0.15, 0.2) is 43.0 Å². The maximum atomic E-state index is 10.8. The van der Waals surface area contributed by atoms with Crippen molar-refractivity contribution < 1.29 is 14.6 Å². The van der Waals surface area contributed by atoms with Crippen LogP contribution in [-0.4, -0.2) is 23.2 Å². The van der Waals surface area contributed by atoms with Gasteiger partial charge in [-0.3, -0.25) is 0 Å². The van der Waals surface area contributed by atoms with Gasteiger partial charge in [0.1, 0.15) is 0 Å². The molecule has 0 aliphatic heterocycles. The molecule has 86 valence electrons. The van der Waals surface area contributed by atoms with Gasteiger partial charge in [-0.2, -0.15) is 0 Å². The fraction of sp³-hybridized carbons (Fsp3) is 0.250. The van der Waals surface area contributed by atoms with Crippen LogP contribution in [0.2, 0.25) is 0 Å². The Morgan fingerprint density at radius 2 is 2.12 bits per heavy atom. The molecule has 1 rings (SSSR count). The Kier molecular flexibility index (Phi) is 4.22. The van der Waals surface area contributed by atoms with Crippen LogP contribution in [-0.2, 0) is 16.1 Å². The van der Waals surface area contributed by atoms with Gasteiger partial charge in [0.2, 0.25) is 0 Å². The molecular weight excluding hydrogens is 206 g/mol. The van der Waals surface area contributed by atoms with Crippen LogP contribution in [0, 0.1) is 0 Å². The Balaban J connectivity index is 2.46. The molecule has 0 aliphatic carbocycles. The van der Waals surface area contributed by atoms with E-state index in [9.17, 15) is 4.79 Å². The van der Waals surface area contributed by atoms with E-state index in [4.69, 9.17) is 15.6 Å². The average Bonchev–Trinajstić information content (AvgIpc) is 2.30. The smallest absolute Gasteiger partial charge is 0.330 e. The minimum Gasteiger partial charge on any atom is -0.480 e. The van der Waals surface area contributed by atoms with Crippen molar-refractivity contribution in [3.8, 4) is 0 Å². The molecule has 4 nitrogen and oxygen atoms in total. The van der Waals surface area contributed by atoms with E-state index < -0.39 is 11.5 Å². The number of hydrogen-bond acceptors (Lipinski definition) is 3. The van der Waals surface area contributed by atoms with Gasteiger partial charge in [-0.15, -0.1) is 6.58 Å². The molecule has 0 aromatic heterocycles. The molecule has 1 atom stereocenters. The summed E-state index contributed by atoms with van der Waals surface area (Å²) in [5.74, 6) is -1.14. The summed E-state index contributed by atoms with van der Waals surface area (Å²) in [5, 5.41) is 8.85. The first-order valence-electron chi connectivity index (χ1n) is 4.86. The zero-order chi connectivity index (χ0) is 12.0. The summed E-state index contributed by atoms with van der Waals surface area (Å²) in [6.45, 7) is 3.63. The predicted molar refractivity (Wildman–Crippen MR) is 60.8 cm³/mol. The first-order valence-corrected chi connectivity index (χ1v) is 4.86. The van der Waals surface area contributed by atoms with E-state index in [-0.39, 0.29) is 6.61 Å². The molecule has 4 heteroatoms. The Hall–Kier alpha value is -1.65. The molecule has 0 radical (unpaired) electrons. The van der Waals surface area contributed by atoms with Crippen LogP contribution in [0.5, 0.6) is 0 Å². The van der Waals surface area contributed by atoms with Crippen molar-refractivity contribution in [3.63, 3.8) is 0 Å². The number of nitrogens with two attached hydrogens (primary N) is 1. The van der Waals surface area contributed by atoms with Crippen LogP contribution in [0.3, 0.4) is 0 Å². The lowest BCUT2D eigenvalue weighted by atomic mass is 10.0. The lowest BCUT2D eigenvalue weighted by molar-refractivity contribution is -0.143. The maximum Gasteiger partial charge on any atom is 0.330 e. The zero-order valence-corrected chi connectivity index (χ0v) is 8.93. The molecule has 0 fully saturated rings. The maximum absolute atomic E-state index is 10.8. The Bertz CT molecular complexity index is 364. The van der Waals surface area contributed by atoms with Crippen LogP contribution in [0.1, 0.15) is 5.56 Å². The summed E-state index contributed by atoms with van der Waals surface area (Å²) in [4.78, 5) is 10.8. The highest BCUT2D eigenvalue weighted by atomic mass is 16.5. The standard InChI is InChI=1S/C12H15NO3/c1-2-12(13,11(14)15)9-16-8-10-6-4-3-5-7-10/h2-7H,1,8-9,13H2,(H,14,15)/t12-/m0/s1. The third kappa shape index (κ3) is 3.18. The Labute approximate surface area is 94.3 Å².